The first-order valence-electron chi connectivity index (χ1n) is 5.88. The van der Waals surface area contributed by atoms with E-state index in [0.29, 0.717) is 12.8 Å². The van der Waals surface area contributed by atoms with E-state index in [1.807, 2.05) is 0 Å². The van der Waals surface area contributed by atoms with Gasteiger partial charge in [-0.15, -0.1) is 0 Å². The molecule has 1 fully saturated rings. The molecule has 8 heteroatoms. The van der Waals surface area contributed by atoms with Gasteiger partial charge < -0.3 is 4.89 Å². The van der Waals surface area contributed by atoms with Crippen molar-refractivity contribution in [2.24, 2.45) is 5.92 Å². The first-order chi connectivity index (χ1) is 8.17. The van der Waals surface area contributed by atoms with E-state index in [1.165, 1.54) is 6.92 Å². The molecule has 3 nitrogen and oxygen atoms in total. The van der Waals surface area contributed by atoms with Crippen LogP contribution in [-0.4, -0.2) is 29.5 Å². The third-order valence-corrected chi connectivity index (χ3v) is 4.48. The highest BCUT2D eigenvalue weighted by Gasteiger charge is 2.51. The van der Waals surface area contributed by atoms with Crippen LogP contribution >= 0.6 is 7.60 Å². The second-order valence-electron chi connectivity index (χ2n) is 4.49. The van der Waals surface area contributed by atoms with Crippen LogP contribution in [0.3, 0.4) is 0 Å². The van der Waals surface area contributed by atoms with Crippen molar-refractivity contribution in [1.82, 2.24) is 0 Å². The molecule has 1 rings (SSSR count). The third-order valence-electron chi connectivity index (χ3n) is 3.12. The van der Waals surface area contributed by atoms with E-state index in [-0.39, 0.29) is 12.8 Å². The lowest BCUT2D eigenvalue weighted by Gasteiger charge is -2.34. The number of hydrogen-bond donors (Lipinski definition) is 1. The van der Waals surface area contributed by atoms with Gasteiger partial charge in [-0.05, 0) is 12.8 Å². The normalized spacial score (nSPS) is 30.8. The predicted molar refractivity (Wildman–Crippen MR) is 58.1 cm³/mol. The van der Waals surface area contributed by atoms with Crippen LogP contribution in [0, 0.1) is 5.92 Å². The summed E-state index contributed by atoms with van der Waals surface area (Å²) in [6.07, 6.45) is -8.32. The van der Waals surface area contributed by atoms with Gasteiger partial charge in [-0.3, -0.25) is 9.09 Å². The van der Waals surface area contributed by atoms with Crippen molar-refractivity contribution in [1.29, 1.82) is 0 Å². The highest BCUT2D eigenvalue weighted by molar-refractivity contribution is 7.52. The molecule has 0 amide bonds. The molecule has 4 atom stereocenters. The first kappa shape index (κ1) is 15.9. The molecule has 108 valence electrons. The Morgan fingerprint density at radius 1 is 1.39 bits per heavy atom. The Kier molecular flexibility index (Phi) is 5.21. The Morgan fingerprint density at radius 2 is 1.94 bits per heavy atom. The zero-order valence-corrected chi connectivity index (χ0v) is 10.9. The van der Waals surface area contributed by atoms with Crippen molar-refractivity contribution in [3.05, 3.63) is 0 Å². The molecule has 0 aromatic rings. The summed E-state index contributed by atoms with van der Waals surface area (Å²) in [5.41, 5.74) is 0. The SMILES string of the molecule is CCP(=O)(O)OC(C1CCCCC1F)C(F)(F)F. The molecule has 0 aliphatic heterocycles. The first-order valence-corrected chi connectivity index (χ1v) is 7.64. The standard InChI is InChI=1S/C10H17F4O3P/c1-2-18(15,16)17-9(10(12,13)14)7-5-3-4-6-8(7)11/h7-9H,2-6H2,1H3,(H,15,16). The molecule has 1 aliphatic rings. The summed E-state index contributed by atoms with van der Waals surface area (Å²) in [5.74, 6) is -1.38. The van der Waals surface area contributed by atoms with Crippen LogP contribution < -0.4 is 0 Å². The second-order valence-corrected chi connectivity index (χ2v) is 6.60. The molecule has 0 heterocycles. The zero-order valence-electron chi connectivity index (χ0n) is 9.99. The van der Waals surface area contributed by atoms with E-state index in [2.05, 4.69) is 4.52 Å². The molecule has 1 saturated carbocycles. The molecule has 18 heavy (non-hydrogen) atoms. The van der Waals surface area contributed by atoms with E-state index in [0.717, 1.165) is 0 Å². The Hall–Kier alpha value is -0.130. The van der Waals surface area contributed by atoms with E-state index < -0.39 is 38.1 Å². The molecule has 0 aromatic heterocycles. The lowest BCUT2D eigenvalue weighted by molar-refractivity contribution is -0.220. The van der Waals surface area contributed by atoms with Crippen LogP contribution in [0.2, 0.25) is 0 Å². The topological polar surface area (TPSA) is 46.5 Å². The van der Waals surface area contributed by atoms with Gasteiger partial charge in [0.05, 0.1) is 0 Å². The third kappa shape index (κ3) is 4.21. The van der Waals surface area contributed by atoms with Crippen molar-refractivity contribution in [2.75, 3.05) is 6.16 Å². The van der Waals surface area contributed by atoms with Gasteiger partial charge in [0.2, 0.25) is 0 Å². The fraction of sp³-hybridized carbons (Fsp3) is 1.00. The predicted octanol–water partition coefficient (Wildman–Crippen LogP) is 3.67. The second kappa shape index (κ2) is 5.88. The molecule has 1 N–H and O–H groups in total. The van der Waals surface area contributed by atoms with E-state index in [9.17, 15) is 27.0 Å². The molecule has 0 spiro atoms. The average Bonchev–Trinajstić information content (AvgIpc) is 2.26. The Morgan fingerprint density at radius 3 is 2.39 bits per heavy atom. The van der Waals surface area contributed by atoms with Crippen LogP contribution in [0.15, 0.2) is 0 Å². The van der Waals surface area contributed by atoms with E-state index in [1.54, 1.807) is 0 Å². The van der Waals surface area contributed by atoms with E-state index in [4.69, 9.17) is 0 Å². The van der Waals surface area contributed by atoms with Crippen LogP contribution in [0.25, 0.3) is 0 Å². The monoisotopic (exact) mass is 292 g/mol. The summed E-state index contributed by atoms with van der Waals surface area (Å²) in [7, 11) is -4.31. The molecule has 0 bridgehead atoms. The van der Waals surface area contributed by atoms with Crippen molar-refractivity contribution < 1.29 is 31.5 Å². The van der Waals surface area contributed by atoms with Gasteiger partial charge in [-0.2, -0.15) is 13.2 Å². The summed E-state index contributed by atoms with van der Waals surface area (Å²) < 4.78 is 67.6. The highest BCUT2D eigenvalue weighted by atomic mass is 31.2. The summed E-state index contributed by atoms with van der Waals surface area (Å²) in [5, 5.41) is 0. The van der Waals surface area contributed by atoms with Crippen LogP contribution in [0.5, 0.6) is 0 Å². The molecule has 0 saturated heterocycles. The maximum Gasteiger partial charge on any atom is 0.415 e. The zero-order chi connectivity index (χ0) is 14.0. The van der Waals surface area contributed by atoms with Crippen molar-refractivity contribution >= 4 is 7.60 Å². The fourth-order valence-corrected chi connectivity index (χ4v) is 2.87. The lowest BCUT2D eigenvalue weighted by atomic mass is 9.83. The van der Waals surface area contributed by atoms with Gasteiger partial charge >= 0.3 is 13.8 Å². The minimum Gasteiger partial charge on any atom is -0.324 e. The Bertz CT molecular complexity index is 321. The molecule has 1 aliphatic carbocycles. The summed E-state index contributed by atoms with van der Waals surface area (Å²) in [6.45, 7) is 1.25. The number of halogens is 4. The Balaban J connectivity index is 2.88. The maximum atomic E-state index is 13.6. The van der Waals surface area contributed by atoms with Gasteiger partial charge in [0.15, 0.2) is 6.10 Å². The largest absolute Gasteiger partial charge is 0.415 e. The molecular weight excluding hydrogens is 275 g/mol. The van der Waals surface area contributed by atoms with Crippen molar-refractivity contribution in [3.63, 3.8) is 0 Å². The van der Waals surface area contributed by atoms with Crippen LogP contribution in [-0.2, 0) is 9.09 Å². The number of hydrogen-bond acceptors (Lipinski definition) is 2. The summed E-state index contributed by atoms with van der Waals surface area (Å²) >= 11 is 0. The molecule has 0 radical (unpaired) electrons. The molecular formula is C10H17F4O3P. The molecule has 4 unspecified atom stereocenters. The highest BCUT2D eigenvalue weighted by Crippen LogP contribution is 2.49. The van der Waals surface area contributed by atoms with Gasteiger partial charge in [0, 0.05) is 12.1 Å². The smallest absolute Gasteiger partial charge is 0.324 e. The molecule has 0 aromatic carbocycles. The van der Waals surface area contributed by atoms with Gasteiger partial charge in [-0.1, -0.05) is 19.8 Å². The quantitative estimate of drug-likeness (QED) is 0.635. The van der Waals surface area contributed by atoms with Crippen molar-refractivity contribution in [2.45, 2.75) is 51.1 Å². The maximum absolute atomic E-state index is 13.6. The van der Waals surface area contributed by atoms with Gasteiger partial charge in [0.1, 0.15) is 6.17 Å². The van der Waals surface area contributed by atoms with E-state index >= 15 is 0 Å². The minimum atomic E-state index is -4.83. The number of alkyl halides is 4. The lowest BCUT2D eigenvalue weighted by Crippen LogP contribution is -2.43. The van der Waals surface area contributed by atoms with Gasteiger partial charge in [-0.25, -0.2) is 4.39 Å². The minimum absolute atomic E-state index is 0.0229. The van der Waals surface area contributed by atoms with Crippen LogP contribution in [0.1, 0.15) is 32.6 Å². The summed E-state index contributed by atoms with van der Waals surface area (Å²) in [6, 6.07) is 0. The number of rotatable bonds is 4. The average molecular weight is 292 g/mol. The van der Waals surface area contributed by atoms with Crippen molar-refractivity contribution in [3.8, 4) is 0 Å². The van der Waals surface area contributed by atoms with Crippen LogP contribution in [0.4, 0.5) is 17.6 Å². The fourth-order valence-electron chi connectivity index (χ4n) is 2.09. The van der Waals surface area contributed by atoms with Gasteiger partial charge in [0.25, 0.3) is 0 Å². The Labute approximate surface area is 103 Å². The summed E-state index contributed by atoms with van der Waals surface area (Å²) in [4.78, 5) is 9.18.